The van der Waals surface area contributed by atoms with Crippen molar-refractivity contribution in [2.75, 3.05) is 6.54 Å². The molecule has 0 radical (unpaired) electrons. The van der Waals surface area contributed by atoms with Crippen LogP contribution in [0, 0.1) is 0 Å². The summed E-state index contributed by atoms with van der Waals surface area (Å²) in [5.74, 6) is 0.0371. The molecule has 0 atom stereocenters. The molecule has 0 aliphatic heterocycles. The van der Waals surface area contributed by atoms with Gasteiger partial charge >= 0.3 is 0 Å². The third-order valence-electron chi connectivity index (χ3n) is 0.800. The molecule has 0 aromatic rings. The van der Waals surface area contributed by atoms with Crippen LogP contribution >= 0.6 is 0 Å². The maximum atomic E-state index is 10.3. The lowest BCUT2D eigenvalue weighted by Crippen LogP contribution is -2.03. The summed E-state index contributed by atoms with van der Waals surface area (Å²) in [6, 6.07) is 0. The molecule has 0 bridgehead atoms. The molecule has 1 N–H and O–H groups in total. The predicted molar refractivity (Wildman–Crippen MR) is 41.5 cm³/mol. The Bertz CT molecular complexity index is 176. The molecule has 0 spiro atoms. The monoisotopic (exact) mass is 137 g/mol. The van der Waals surface area contributed by atoms with E-state index >= 15 is 0 Å². The third-order valence-corrected chi connectivity index (χ3v) is 0.800. The maximum absolute atomic E-state index is 10.3. The molecule has 0 unspecified atom stereocenters. The van der Waals surface area contributed by atoms with Crippen LogP contribution in [0.1, 0.15) is 6.92 Å². The van der Waals surface area contributed by atoms with Crippen molar-refractivity contribution >= 4 is 5.78 Å². The number of nitrogens with one attached hydrogen (secondary N) is 1. The zero-order valence-electron chi connectivity index (χ0n) is 6.05. The summed E-state index contributed by atoms with van der Waals surface area (Å²) >= 11 is 0. The van der Waals surface area contributed by atoms with Gasteiger partial charge in [-0.1, -0.05) is 6.58 Å². The average Bonchev–Trinajstić information content (AvgIpc) is 1.87. The smallest absolute Gasteiger partial charge is 0.154 e. The molecular weight excluding hydrogens is 126 g/mol. The summed E-state index contributed by atoms with van der Waals surface area (Å²) in [5.41, 5.74) is 2.60. The van der Waals surface area contributed by atoms with Gasteiger partial charge in [-0.15, -0.1) is 5.73 Å². The Morgan fingerprint density at radius 1 is 1.80 bits per heavy atom. The highest BCUT2D eigenvalue weighted by Gasteiger charge is 1.77. The fourth-order valence-electron chi connectivity index (χ4n) is 0.375. The molecule has 2 heteroatoms. The molecule has 0 saturated heterocycles. The van der Waals surface area contributed by atoms with Gasteiger partial charge in [-0.2, -0.15) is 0 Å². The van der Waals surface area contributed by atoms with Crippen molar-refractivity contribution < 1.29 is 4.79 Å². The Labute approximate surface area is 60.9 Å². The van der Waals surface area contributed by atoms with Crippen LogP contribution < -0.4 is 5.32 Å². The fourth-order valence-corrected chi connectivity index (χ4v) is 0.375. The van der Waals surface area contributed by atoms with E-state index in [9.17, 15) is 4.79 Å². The van der Waals surface area contributed by atoms with Gasteiger partial charge in [0.2, 0.25) is 0 Å². The minimum atomic E-state index is 0.0371. The van der Waals surface area contributed by atoms with E-state index in [1.807, 2.05) is 0 Å². The Morgan fingerprint density at radius 2 is 2.50 bits per heavy atom. The van der Waals surface area contributed by atoms with Gasteiger partial charge in [0.1, 0.15) is 0 Å². The number of carbonyl (C=O) groups is 1. The van der Waals surface area contributed by atoms with Crippen molar-refractivity contribution in [3.05, 3.63) is 30.7 Å². The molecule has 0 fully saturated rings. The lowest BCUT2D eigenvalue weighted by molar-refractivity contribution is -0.112. The van der Waals surface area contributed by atoms with Crippen LogP contribution in [-0.2, 0) is 4.79 Å². The van der Waals surface area contributed by atoms with Crippen LogP contribution in [0.2, 0.25) is 0 Å². The maximum Gasteiger partial charge on any atom is 0.154 e. The van der Waals surface area contributed by atoms with Gasteiger partial charge in [-0.25, -0.2) is 0 Å². The number of hydrogen-bond acceptors (Lipinski definition) is 2. The van der Waals surface area contributed by atoms with E-state index in [1.165, 1.54) is 13.0 Å². The van der Waals surface area contributed by atoms with E-state index in [2.05, 4.69) is 17.6 Å². The molecule has 0 aromatic heterocycles. The van der Waals surface area contributed by atoms with Gasteiger partial charge < -0.3 is 5.32 Å². The van der Waals surface area contributed by atoms with E-state index in [-0.39, 0.29) is 5.78 Å². The van der Waals surface area contributed by atoms with Gasteiger partial charge in [0, 0.05) is 12.7 Å². The standard InChI is InChI=1S/C8H11NO/c1-3-4-6-9-7-5-8(2)10/h4-5,7,9H,1,6H2,2H3/b7-5+. The summed E-state index contributed by atoms with van der Waals surface area (Å²) in [5, 5.41) is 2.86. The number of rotatable bonds is 4. The summed E-state index contributed by atoms with van der Waals surface area (Å²) in [7, 11) is 0. The largest absolute Gasteiger partial charge is 0.387 e. The van der Waals surface area contributed by atoms with Crippen molar-refractivity contribution in [3.8, 4) is 0 Å². The summed E-state index contributed by atoms with van der Waals surface area (Å²) in [6.45, 7) is 5.54. The van der Waals surface area contributed by atoms with Crippen LogP contribution in [0.15, 0.2) is 30.7 Å². The Morgan fingerprint density at radius 3 is 3.00 bits per heavy atom. The van der Waals surface area contributed by atoms with Crippen LogP contribution in [0.5, 0.6) is 0 Å². The predicted octanol–water partition coefficient (Wildman–Crippen LogP) is 1.02. The highest BCUT2D eigenvalue weighted by molar-refractivity contribution is 5.87. The minimum Gasteiger partial charge on any atom is -0.387 e. The number of allylic oxidation sites excluding steroid dienone is 1. The molecule has 10 heavy (non-hydrogen) atoms. The zero-order valence-corrected chi connectivity index (χ0v) is 6.05. The highest BCUT2D eigenvalue weighted by atomic mass is 16.1. The van der Waals surface area contributed by atoms with E-state index in [1.54, 1.807) is 12.3 Å². The Kier molecular flexibility index (Phi) is 5.12. The average molecular weight is 137 g/mol. The molecule has 54 valence electrons. The van der Waals surface area contributed by atoms with Crippen molar-refractivity contribution in [1.29, 1.82) is 0 Å². The topological polar surface area (TPSA) is 29.1 Å². The van der Waals surface area contributed by atoms with Crippen molar-refractivity contribution in [2.24, 2.45) is 0 Å². The van der Waals surface area contributed by atoms with E-state index in [4.69, 9.17) is 0 Å². The van der Waals surface area contributed by atoms with Crippen LogP contribution in [0.25, 0.3) is 0 Å². The fraction of sp³-hybridized carbons (Fsp3) is 0.250. The molecule has 0 heterocycles. The molecular formula is C8H11NO. The van der Waals surface area contributed by atoms with Gasteiger partial charge in [-0.05, 0) is 19.1 Å². The molecule has 0 saturated carbocycles. The van der Waals surface area contributed by atoms with E-state index in [0.29, 0.717) is 6.54 Å². The number of hydrogen-bond donors (Lipinski definition) is 1. The Hall–Kier alpha value is -1.27. The quantitative estimate of drug-likeness (QED) is 0.356. The molecule has 2 nitrogen and oxygen atoms in total. The lowest BCUT2D eigenvalue weighted by Gasteiger charge is -1.88. The molecule has 0 aromatic carbocycles. The van der Waals surface area contributed by atoms with E-state index in [0.717, 1.165) is 0 Å². The first-order chi connectivity index (χ1) is 4.77. The van der Waals surface area contributed by atoms with Gasteiger partial charge in [-0.3, -0.25) is 4.79 Å². The van der Waals surface area contributed by atoms with Crippen molar-refractivity contribution in [1.82, 2.24) is 5.32 Å². The van der Waals surface area contributed by atoms with Gasteiger partial charge in [0.25, 0.3) is 0 Å². The minimum absolute atomic E-state index is 0.0371. The first-order valence-electron chi connectivity index (χ1n) is 3.02. The highest BCUT2D eigenvalue weighted by Crippen LogP contribution is 1.70. The summed E-state index contributed by atoms with van der Waals surface area (Å²) in [6.07, 6.45) is 4.82. The molecule has 0 aliphatic carbocycles. The van der Waals surface area contributed by atoms with Crippen LogP contribution in [0.3, 0.4) is 0 Å². The zero-order chi connectivity index (χ0) is 7.82. The second-order valence-electron chi connectivity index (χ2n) is 1.76. The lowest BCUT2D eigenvalue weighted by atomic mass is 10.4. The molecule has 0 rings (SSSR count). The molecule has 0 aliphatic rings. The first kappa shape index (κ1) is 8.73. The molecule has 0 amide bonds. The SMILES string of the molecule is C=C=CCN/C=C/C(C)=O. The van der Waals surface area contributed by atoms with E-state index < -0.39 is 0 Å². The number of carbonyl (C=O) groups excluding carboxylic acids is 1. The number of ketones is 1. The van der Waals surface area contributed by atoms with Gasteiger partial charge in [0.15, 0.2) is 5.78 Å². The van der Waals surface area contributed by atoms with Gasteiger partial charge in [0.05, 0.1) is 0 Å². The Balaban J connectivity index is 3.35. The second-order valence-corrected chi connectivity index (χ2v) is 1.76. The second kappa shape index (κ2) is 5.86. The summed E-state index contributed by atoms with van der Waals surface area (Å²) in [4.78, 5) is 10.3. The van der Waals surface area contributed by atoms with Crippen LogP contribution in [0.4, 0.5) is 0 Å². The summed E-state index contributed by atoms with van der Waals surface area (Å²) < 4.78 is 0. The van der Waals surface area contributed by atoms with Crippen molar-refractivity contribution in [2.45, 2.75) is 6.92 Å². The first-order valence-corrected chi connectivity index (χ1v) is 3.02. The van der Waals surface area contributed by atoms with Crippen molar-refractivity contribution in [3.63, 3.8) is 0 Å². The van der Waals surface area contributed by atoms with Crippen LogP contribution in [-0.4, -0.2) is 12.3 Å². The normalized spacial score (nSPS) is 8.90. The third kappa shape index (κ3) is 6.73.